The Morgan fingerprint density at radius 3 is 2.33 bits per heavy atom. The molecule has 0 aliphatic heterocycles. The lowest BCUT2D eigenvalue weighted by Crippen LogP contribution is -2.28. The molecule has 0 aliphatic carbocycles. The van der Waals surface area contributed by atoms with Crippen LogP contribution in [-0.4, -0.2) is 32.8 Å². The summed E-state index contributed by atoms with van der Waals surface area (Å²) in [5.41, 5.74) is 0. The minimum Gasteiger partial charge on any atom is -0.316 e. The maximum absolute atomic E-state index is 9.88. The van der Waals surface area contributed by atoms with Gasteiger partial charge in [0, 0.05) is 19.6 Å². The average molecular weight is 131 g/mol. The van der Waals surface area contributed by atoms with Crippen LogP contribution in [0.3, 0.4) is 0 Å². The molecule has 0 fully saturated rings. The van der Waals surface area contributed by atoms with Crippen molar-refractivity contribution in [2.45, 2.75) is 6.92 Å². The Hall–Kier alpha value is -0.120. The van der Waals surface area contributed by atoms with E-state index in [2.05, 4.69) is 17.6 Å². The van der Waals surface area contributed by atoms with Crippen LogP contribution >= 0.6 is 0 Å². The van der Waals surface area contributed by atoms with Gasteiger partial charge in [-0.2, -0.15) is 0 Å². The second-order valence-electron chi connectivity index (χ2n) is 1.81. The van der Waals surface area contributed by atoms with Crippen molar-refractivity contribution in [1.82, 2.24) is 10.6 Å². The summed E-state index contributed by atoms with van der Waals surface area (Å²) in [6.07, 6.45) is 0. The minimum atomic E-state index is -0.0217. The summed E-state index contributed by atoms with van der Waals surface area (Å²) in [7, 11) is 0. The first-order chi connectivity index (χ1) is 4.41. The fourth-order valence-electron chi connectivity index (χ4n) is 0.551. The Morgan fingerprint density at radius 1 is 1.11 bits per heavy atom. The van der Waals surface area contributed by atoms with Gasteiger partial charge in [-0.15, -0.1) is 0 Å². The van der Waals surface area contributed by atoms with E-state index in [1.165, 1.54) is 0 Å². The van der Waals surface area contributed by atoms with Crippen LogP contribution in [0.25, 0.3) is 0 Å². The summed E-state index contributed by atoms with van der Waals surface area (Å²) in [5, 5.41) is 16.0. The molecule has 0 unspecified atom stereocenters. The molecular weight excluding hydrogens is 116 g/mol. The van der Waals surface area contributed by atoms with Crippen LogP contribution in [0.4, 0.5) is 0 Å². The normalized spacial score (nSPS) is 10.0. The highest BCUT2D eigenvalue weighted by Crippen LogP contribution is 1.58. The van der Waals surface area contributed by atoms with Gasteiger partial charge in [-0.3, -0.25) is 0 Å². The molecule has 0 aromatic heterocycles. The van der Waals surface area contributed by atoms with Gasteiger partial charge in [0.15, 0.2) is 0 Å². The van der Waals surface area contributed by atoms with Crippen LogP contribution in [0.5, 0.6) is 0 Å². The van der Waals surface area contributed by atoms with Gasteiger partial charge >= 0.3 is 0 Å². The maximum atomic E-state index is 9.88. The summed E-state index contributed by atoms with van der Waals surface area (Å²) < 4.78 is 0. The van der Waals surface area contributed by atoms with Crippen molar-refractivity contribution in [1.29, 1.82) is 0 Å². The highest BCUT2D eigenvalue weighted by atomic mass is 16.3. The number of hydrogen-bond acceptors (Lipinski definition) is 2. The molecule has 0 heterocycles. The molecule has 0 atom stereocenters. The summed E-state index contributed by atoms with van der Waals surface area (Å²) in [4.78, 5) is 0. The van der Waals surface area contributed by atoms with Gasteiger partial charge in [0.25, 0.3) is 0 Å². The summed E-state index contributed by atoms with van der Waals surface area (Å²) in [6, 6.07) is 0. The molecular formula is C6H15N2O. The van der Waals surface area contributed by atoms with Gasteiger partial charge in [-0.1, -0.05) is 6.92 Å². The number of nitrogens with one attached hydrogen (secondary N) is 2. The lowest BCUT2D eigenvalue weighted by atomic mass is 10.5. The van der Waals surface area contributed by atoms with Crippen LogP contribution < -0.4 is 10.6 Å². The second kappa shape index (κ2) is 7.88. The molecule has 1 radical (unpaired) electrons. The Labute approximate surface area is 56.5 Å². The SMILES string of the molecule is CCNCCNCC[O]. The fourth-order valence-corrected chi connectivity index (χ4v) is 0.551. The summed E-state index contributed by atoms with van der Waals surface area (Å²) in [6.45, 7) is 5.48. The highest BCUT2D eigenvalue weighted by Gasteiger charge is 1.83. The van der Waals surface area contributed by atoms with Crippen molar-refractivity contribution in [3.8, 4) is 0 Å². The van der Waals surface area contributed by atoms with Crippen molar-refractivity contribution < 1.29 is 5.11 Å². The molecule has 0 amide bonds. The molecule has 0 bridgehead atoms. The van der Waals surface area contributed by atoms with E-state index < -0.39 is 0 Å². The van der Waals surface area contributed by atoms with Crippen LogP contribution in [0.2, 0.25) is 0 Å². The van der Waals surface area contributed by atoms with E-state index in [4.69, 9.17) is 0 Å². The zero-order valence-corrected chi connectivity index (χ0v) is 5.94. The van der Waals surface area contributed by atoms with Crippen molar-refractivity contribution >= 4 is 0 Å². The van der Waals surface area contributed by atoms with E-state index in [0.29, 0.717) is 6.54 Å². The van der Waals surface area contributed by atoms with E-state index in [9.17, 15) is 5.11 Å². The van der Waals surface area contributed by atoms with Crippen LogP contribution in [-0.2, 0) is 5.11 Å². The molecule has 9 heavy (non-hydrogen) atoms. The standard InChI is InChI=1S/C6H15N2O/c1-2-7-3-4-8-5-6-9/h7-8H,2-6H2,1H3. The number of hydrogen-bond donors (Lipinski definition) is 2. The second-order valence-corrected chi connectivity index (χ2v) is 1.81. The highest BCUT2D eigenvalue weighted by molar-refractivity contribution is 4.48. The molecule has 0 saturated carbocycles. The smallest absolute Gasteiger partial charge is 0.0946 e. The Kier molecular flexibility index (Phi) is 7.77. The van der Waals surface area contributed by atoms with Crippen LogP contribution in [0.15, 0.2) is 0 Å². The van der Waals surface area contributed by atoms with Gasteiger partial charge in [0.1, 0.15) is 0 Å². The fraction of sp³-hybridized carbons (Fsp3) is 1.00. The van der Waals surface area contributed by atoms with Gasteiger partial charge in [-0.25, -0.2) is 5.11 Å². The summed E-state index contributed by atoms with van der Waals surface area (Å²) in [5.74, 6) is 0. The zero-order chi connectivity index (χ0) is 6.95. The lowest BCUT2D eigenvalue weighted by Gasteiger charge is -2.00. The number of rotatable bonds is 6. The molecule has 3 nitrogen and oxygen atoms in total. The van der Waals surface area contributed by atoms with E-state index >= 15 is 0 Å². The predicted octanol–water partition coefficient (Wildman–Crippen LogP) is -0.384. The first kappa shape index (κ1) is 8.88. The first-order valence-corrected chi connectivity index (χ1v) is 3.41. The Balaban J connectivity index is 2.60. The van der Waals surface area contributed by atoms with E-state index in [1.54, 1.807) is 0 Å². The predicted molar refractivity (Wildman–Crippen MR) is 37.0 cm³/mol. The molecule has 55 valence electrons. The van der Waals surface area contributed by atoms with E-state index in [-0.39, 0.29) is 6.61 Å². The van der Waals surface area contributed by atoms with Crippen LogP contribution in [0.1, 0.15) is 6.92 Å². The van der Waals surface area contributed by atoms with Crippen LogP contribution in [0, 0.1) is 0 Å². The van der Waals surface area contributed by atoms with Crippen molar-refractivity contribution in [2.24, 2.45) is 0 Å². The molecule has 0 saturated heterocycles. The molecule has 2 N–H and O–H groups in total. The third-order valence-corrected chi connectivity index (χ3v) is 1.01. The van der Waals surface area contributed by atoms with Crippen molar-refractivity contribution in [3.05, 3.63) is 0 Å². The van der Waals surface area contributed by atoms with Gasteiger partial charge < -0.3 is 10.6 Å². The van der Waals surface area contributed by atoms with Gasteiger partial charge in [0.05, 0.1) is 6.61 Å². The largest absolute Gasteiger partial charge is 0.316 e. The van der Waals surface area contributed by atoms with E-state index in [0.717, 1.165) is 19.6 Å². The van der Waals surface area contributed by atoms with E-state index in [1.807, 2.05) is 0 Å². The monoisotopic (exact) mass is 131 g/mol. The minimum absolute atomic E-state index is 0.0217. The zero-order valence-electron chi connectivity index (χ0n) is 5.94. The molecule has 0 aromatic rings. The molecule has 0 rings (SSSR count). The molecule has 3 heteroatoms. The Bertz CT molecular complexity index is 44.3. The maximum Gasteiger partial charge on any atom is 0.0946 e. The summed E-state index contributed by atoms with van der Waals surface area (Å²) >= 11 is 0. The quantitative estimate of drug-likeness (QED) is 0.482. The molecule has 0 aliphatic rings. The van der Waals surface area contributed by atoms with Crippen molar-refractivity contribution in [2.75, 3.05) is 32.8 Å². The molecule has 0 spiro atoms. The third kappa shape index (κ3) is 7.88. The Morgan fingerprint density at radius 2 is 1.78 bits per heavy atom. The topological polar surface area (TPSA) is 44.0 Å². The van der Waals surface area contributed by atoms with Gasteiger partial charge in [-0.05, 0) is 6.54 Å². The van der Waals surface area contributed by atoms with Gasteiger partial charge in [0.2, 0.25) is 0 Å². The average Bonchev–Trinajstić information content (AvgIpc) is 1.89. The lowest BCUT2D eigenvalue weighted by molar-refractivity contribution is 0.194. The molecule has 0 aromatic carbocycles. The van der Waals surface area contributed by atoms with Crippen molar-refractivity contribution in [3.63, 3.8) is 0 Å². The number of likely N-dealkylation sites (N-methyl/N-ethyl adjacent to an activating group) is 1. The third-order valence-electron chi connectivity index (χ3n) is 1.01. The first-order valence-electron chi connectivity index (χ1n) is 3.41.